The third kappa shape index (κ3) is 2.52. The van der Waals surface area contributed by atoms with Crippen molar-refractivity contribution in [1.82, 2.24) is 4.98 Å². The number of anilines is 1. The summed E-state index contributed by atoms with van der Waals surface area (Å²) in [5.74, 6) is -1.50. The smallest absolute Gasteiger partial charge is 0.335 e. The number of aromatic nitrogens is 1. The summed E-state index contributed by atoms with van der Waals surface area (Å²) in [6.07, 6.45) is 2.08. The maximum absolute atomic E-state index is 12.1. The predicted molar refractivity (Wildman–Crippen MR) is 77.5 cm³/mol. The first-order valence-electron chi connectivity index (χ1n) is 6.56. The zero-order valence-corrected chi connectivity index (χ0v) is 11.9. The van der Waals surface area contributed by atoms with Crippen LogP contribution in [-0.4, -0.2) is 27.9 Å². The van der Waals surface area contributed by atoms with Crippen LogP contribution in [0.25, 0.3) is 10.2 Å². The Balaban J connectivity index is 2.05. The fraction of sp³-hybridized carbons (Fsp3) is 0.286. The molecular formula is C14H12N2O4S. The molecule has 0 unspecified atom stereocenters. The average Bonchev–Trinajstić information content (AvgIpc) is 2.78. The monoisotopic (exact) mass is 304 g/mol. The highest BCUT2D eigenvalue weighted by atomic mass is 32.1. The second-order valence-electron chi connectivity index (χ2n) is 4.81. The van der Waals surface area contributed by atoms with Gasteiger partial charge in [-0.05, 0) is 31.0 Å². The molecule has 1 aromatic carbocycles. The lowest BCUT2D eigenvalue weighted by molar-refractivity contribution is -0.125. The second-order valence-corrected chi connectivity index (χ2v) is 5.82. The quantitative estimate of drug-likeness (QED) is 0.861. The number of carbonyl (C=O) groups is 3. The molecule has 21 heavy (non-hydrogen) atoms. The Bertz CT molecular complexity index is 735. The molecule has 3 rings (SSSR count). The zero-order valence-electron chi connectivity index (χ0n) is 11.0. The fourth-order valence-corrected chi connectivity index (χ4v) is 3.31. The van der Waals surface area contributed by atoms with Crippen molar-refractivity contribution < 1.29 is 19.5 Å². The zero-order chi connectivity index (χ0) is 15.0. The molecular weight excluding hydrogens is 292 g/mol. The summed E-state index contributed by atoms with van der Waals surface area (Å²) in [5, 5.41) is 9.31. The lowest BCUT2D eigenvalue weighted by Crippen LogP contribution is -2.34. The van der Waals surface area contributed by atoms with Crippen LogP contribution in [0.3, 0.4) is 0 Å². The van der Waals surface area contributed by atoms with Crippen molar-refractivity contribution >= 4 is 44.5 Å². The Morgan fingerprint density at radius 2 is 1.86 bits per heavy atom. The molecule has 1 aliphatic rings. The first-order valence-corrected chi connectivity index (χ1v) is 7.37. The van der Waals surface area contributed by atoms with Crippen LogP contribution in [0.1, 0.15) is 36.0 Å². The number of amides is 2. The number of carboxylic acid groups (broad SMARTS) is 1. The SMILES string of the molecule is O=C(O)c1ccc2nc(N3C(=O)CCCCC3=O)sc2c1. The van der Waals surface area contributed by atoms with Crippen LogP contribution >= 0.6 is 11.3 Å². The van der Waals surface area contributed by atoms with E-state index in [-0.39, 0.29) is 17.4 Å². The Morgan fingerprint density at radius 3 is 2.48 bits per heavy atom. The van der Waals surface area contributed by atoms with Crippen LogP contribution in [0.4, 0.5) is 5.13 Å². The van der Waals surface area contributed by atoms with Crippen molar-refractivity contribution in [3.63, 3.8) is 0 Å². The van der Waals surface area contributed by atoms with Crippen LogP contribution in [0.2, 0.25) is 0 Å². The van der Waals surface area contributed by atoms with Gasteiger partial charge in [-0.3, -0.25) is 9.59 Å². The fourth-order valence-electron chi connectivity index (χ4n) is 2.27. The van der Waals surface area contributed by atoms with Gasteiger partial charge in [0.05, 0.1) is 15.8 Å². The number of rotatable bonds is 2. The van der Waals surface area contributed by atoms with E-state index in [1.165, 1.54) is 12.1 Å². The van der Waals surface area contributed by atoms with Gasteiger partial charge in [-0.2, -0.15) is 0 Å². The molecule has 1 aromatic heterocycles. The molecule has 0 atom stereocenters. The first kappa shape index (κ1) is 13.7. The molecule has 0 saturated carbocycles. The maximum atomic E-state index is 12.1. The van der Waals surface area contributed by atoms with Crippen LogP contribution in [0, 0.1) is 0 Å². The van der Waals surface area contributed by atoms with Crippen LogP contribution < -0.4 is 4.90 Å². The number of thiazole rings is 1. The normalized spacial score (nSPS) is 16.3. The molecule has 0 spiro atoms. The molecule has 1 fully saturated rings. The van der Waals surface area contributed by atoms with Gasteiger partial charge in [0.15, 0.2) is 5.13 Å². The van der Waals surface area contributed by atoms with E-state index in [0.29, 0.717) is 41.0 Å². The Labute approximate surface area is 124 Å². The number of carbonyl (C=O) groups excluding carboxylic acids is 2. The Kier molecular flexibility index (Phi) is 3.42. The summed E-state index contributed by atoms with van der Waals surface area (Å²) in [4.78, 5) is 40.5. The van der Waals surface area contributed by atoms with Crippen molar-refractivity contribution in [2.75, 3.05) is 4.90 Å². The van der Waals surface area contributed by atoms with Crippen LogP contribution in [0.15, 0.2) is 18.2 Å². The minimum Gasteiger partial charge on any atom is -0.478 e. The number of carboxylic acids is 1. The van der Waals surface area contributed by atoms with Gasteiger partial charge in [0.1, 0.15) is 0 Å². The number of hydrogen-bond acceptors (Lipinski definition) is 5. The van der Waals surface area contributed by atoms with Gasteiger partial charge in [0, 0.05) is 12.8 Å². The van der Waals surface area contributed by atoms with Gasteiger partial charge in [-0.1, -0.05) is 11.3 Å². The van der Waals surface area contributed by atoms with E-state index in [4.69, 9.17) is 5.11 Å². The van der Waals surface area contributed by atoms with E-state index in [2.05, 4.69) is 4.98 Å². The molecule has 2 amide bonds. The van der Waals surface area contributed by atoms with Gasteiger partial charge in [0.25, 0.3) is 0 Å². The Morgan fingerprint density at radius 1 is 1.19 bits per heavy atom. The Hall–Kier alpha value is -2.28. The lowest BCUT2D eigenvalue weighted by Gasteiger charge is -2.14. The highest BCUT2D eigenvalue weighted by molar-refractivity contribution is 7.22. The molecule has 1 N–H and O–H groups in total. The summed E-state index contributed by atoms with van der Waals surface area (Å²) >= 11 is 1.16. The molecule has 108 valence electrons. The molecule has 0 bridgehead atoms. The van der Waals surface area contributed by atoms with Crippen molar-refractivity contribution in [2.24, 2.45) is 0 Å². The summed E-state index contributed by atoms with van der Waals surface area (Å²) in [5.41, 5.74) is 0.746. The topological polar surface area (TPSA) is 87.6 Å². The van der Waals surface area contributed by atoms with Crippen molar-refractivity contribution in [3.8, 4) is 0 Å². The molecule has 1 aliphatic heterocycles. The van der Waals surface area contributed by atoms with Crippen LogP contribution in [-0.2, 0) is 9.59 Å². The molecule has 6 nitrogen and oxygen atoms in total. The molecule has 0 aliphatic carbocycles. The highest BCUT2D eigenvalue weighted by Crippen LogP contribution is 2.31. The number of nitrogens with zero attached hydrogens (tertiary/aromatic N) is 2. The van der Waals surface area contributed by atoms with E-state index in [0.717, 1.165) is 16.2 Å². The van der Waals surface area contributed by atoms with Gasteiger partial charge >= 0.3 is 5.97 Å². The van der Waals surface area contributed by atoms with Crippen molar-refractivity contribution in [1.29, 1.82) is 0 Å². The maximum Gasteiger partial charge on any atom is 0.335 e. The van der Waals surface area contributed by atoms with E-state index < -0.39 is 5.97 Å². The van der Waals surface area contributed by atoms with E-state index >= 15 is 0 Å². The molecule has 0 radical (unpaired) electrons. The summed E-state index contributed by atoms with van der Waals surface area (Å²) < 4.78 is 0.648. The lowest BCUT2D eigenvalue weighted by atomic mass is 10.2. The minimum atomic E-state index is -1.02. The third-order valence-corrected chi connectivity index (χ3v) is 4.35. The minimum absolute atomic E-state index is 0.159. The number of benzene rings is 1. The van der Waals surface area contributed by atoms with E-state index in [1.54, 1.807) is 6.07 Å². The number of hydrogen-bond donors (Lipinski definition) is 1. The van der Waals surface area contributed by atoms with Crippen molar-refractivity contribution in [3.05, 3.63) is 23.8 Å². The number of fused-ring (bicyclic) bond motifs is 1. The molecule has 2 heterocycles. The average molecular weight is 304 g/mol. The number of imide groups is 1. The van der Waals surface area contributed by atoms with Gasteiger partial charge in [0.2, 0.25) is 11.8 Å². The van der Waals surface area contributed by atoms with Gasteiger partial charge in [-0.15, -0.1) is 0 Å². The summed E-state index contributed by atoms with van der Waals surface area (Å²) in [6, 6.07) is 4.55. The van der Waals surface area contributed by atoms with Crippen molar-refractivity contribution in [2.45, 2.75) is 25.7 Å². The third-order valence-electron chi connectivity index (χ3n) is 3.35. The summed E-state index contributed by atoms with van der Waals surface area (Å²) in [7, 11) is 0. The van der Waals surface area contributed by atoms with E-state index in [1.807, 2.05) is 0 Å². The van der Waals surface area contributed by atoms with Gasteiger partial charge in [-0.25, -0.2) is 14.7 Å². The predicted octanol–water partition coefficient (Wildman–Crippen LogP) is 2.43. The van der Waals surface area contributed by atoms with Crippen LogP contribution in [0.5, 0.6) is 0 Å². The summed E-state index contributed by atoms with van der Waals surface area (Å²) in [6.45, 7) is 0. The van der Waals surface area contributed by atoms with Gasteiger partial charge < -0.3 is 5.11 Å². The molecule has 2 aromatic rings. The first-order chi connectivity index (χ1) is 10.1. The standard InChI is InChI=1S/C14H12N2O4S/c17-11-3-1-2-4-12(18)16(11)14-15-9-6-5-8(13(19)20)7-10(9)21-14/h5-7H,1-4H2,(H,19,20). The second kappa shape index (κ2) is 5.25. The molecule has 7 heteroatoms. The highest BCUT2D eigenvalue weighted by Gasteiger charge is 2.28. The number of aromatic carboxylic acids is 1. The molecule has 1 saturated heterocycles. The largest absolute Gasteiger partial charge is 0.478 e. The van der Waals surface area contributed by atoms with E-state index in [9.17, 15) is 14.4 Å².